The van der Waals surface area contributed by atoms with Gasteiger partial charge in [0.15, 0.2) is 5.60 Å². The summed E-state index contributed by atoms with van der Waals surface area (Å²) in [5.41, 5.74) is 0.443. The van der Waals surface area contributed by atoms with Gasteiger partial charge in [0.1, 0.15) is 5.75 Å². The lowest BCUT2D eigenvalue weighted by molar-refractivity contribution is 0.0831. The molecule has 1 aromatic carbocycles. The molecular weight excluding hydrogens is 178 g/mol. The van der Waals surface area contributed by atoms with Crippen LogP contribution >= 0.6 is 0 Å². The molecule has 3 heteroatoms. The van der Waals surface area contributed by atoms with Gasteiger partial charge < -0.3 is 10.2 Å². The second kappa shape index (κ2) is 3.00. The van der Waals surface area contributed by atoms with Gasteiger partial charge in [-0.15, -0.1) is 0 Å². The molecule has 0 aliphatic heterocycles. The maximum Gasteiger partial charge on any atom is 0.155 e. The summed E-state index contributed by atoms with van der Waals surface area (Å²) in [7, 11) is 0. The van der Waals surface area contributed by atoms with Crippen LogP contribution in [0.1, 0.15) is 17.5 Å². The summed E-state index contributed by atoms with van der Waals surface area (Å²) in [4.78, 5) is 0. The molecule has 0 amide bonds. The van der Waals surface area contributed by atoms with E-state index in [2.05, 4.69) is 0 Å². The van der Waals surface area contributed by atoms with E-state index in [-0.39, 0.29) is 12.2 Å². The first-order chi connectivity index (χ1) is 6.64. The van der Waals surface area contributed by atoms with Gasteiger partial charge in [0.05, 0.1) is 6.07 Å². The van der Waals surface area contributed by atoms with Crippen LogP contribution in [-0.4, -0.2) is 15.8 Å². The summed E-state index contributed by atoms with van der Waals surface area (Å²) >= 11 is 0. The molecule has 1 aromatic rings. The van der Waals surface area contributed by atoms with Crippen molar-refractivity contribution in [1.82, 2.24) is 0 Å². The molecule has 0 bridgehead atoms. The van der Waals surface area contributed by atoms with E-state index in [1.165, 1.54) is 0 Å². The van der Waals surface area contributed by atoms with E-state index in [1.54, 1.807) is 12.1 Å². The maximum absolute atomic E-state index is 9.78. The molecule has 72 valence electrons. The lowest BCUT2D eigenvalue weighted by Gasteiger charge is -2.27. The molecule has 1 atom stereocenters. The first kappa shape index (κ1) is 9.04. The predicted octanol–water partition coefficient (Wildman–Crippen LogP) is 1.14. The van der Waals surface area contributed by atoms with Gasteiger partial charge in [-0.1, -0.05) is 12.1 Å². The third kappa shape index (κ3) is 1.34. The van der Waals surface area contributed by atoms with Crippen LogP contribution in [-0.2, 0) is 12.8 Å². The fourth-order valence-corrected chi connectivity index (χ4v) is 1.88. The number of phenolic OH excluding ortho intramolecular Hbond substituents is 1. The van der Waals surface area contributed by atoms with E-state index < -0.39 is 5.60 Å². The number of fused-ring (bicyclic) bond motifs is 1. The summed E-state index contributed by atoms with van der Waals surface area (Å²) in [5, 5.41) is 28.1. The van der Waals surface area contributed by atoms with Crippen LogP contribution in [0.15, 0.2) is 18.2 Å². The summed E-state index contributed by atoms with van der Waals surface area (Å²) in [5.74, 6) is 0.177. The van der Waals surface area contributed by atoms with Crippen LogP contribution in [0.5, 0.6) is 5.75 Å². The average Bonchev–Trinajstić information content (AvgIpc) is 2.20. The van der Waals surface area contributed by atoms with Crippen molar-refractivity contribution in [1.29, 1.82) is 5.26 Å². The second-order valence-corrected chi connectivity index (χ2v) is 3.73. The van der Waals surface area contributed by atoms with Crippen molar-refractivity contribution in [3.05, 3.63) is 29.3 Å². The molecule has 0 unspecified atom stereocenters. The van der Waals surface area contributed by atoms with Crippen molar-refractivity contribution in [3.8, 4) is 11.8 Å². The Bertz CT molecular complexity index is 408. The molecule has 2 N–H and O–H groups in total. The van der Waals surface area contributed by atoms with Crippen LogP contribution in [0.4, 0.5) is 0 Å². The van der Waals surface area contributed by atoms with Crippen LogP contribution < -0.4 is 0 Å². The van der Waals surface area contributed by atoms with E-state index in [0.717, 1.165) is 5.56 Å². The van der Waals surface area contributed by atoms with Gasteiger partial charge in [0.2, 0.25) is 0 Å². The van der Waals surface area contributed by atoms with Gasteiger partial charge >= 0.3 is 0 Å². The standard InChI is InChI=1S/C11H11NO2/c12-7-11(14)5-4-8-2-1-3-10(13)9(8)6-11/h1-3,13-14H,4-6H2/t11-/m0/s1. The minimum atomic E-state index is -1.30. The minimum Gasteiger partial charge on any atom is -0.508 e. The monoisotopic (exact) mass is 189 g/mol. The Morgan fingerprint density at radius 1 is 1.43 bits per heavy atom. The van der Waals surface area contributed by atoms with Gasteiger partial charge in [-0.05, 0) is 24.5 Å². The minimum absolute atomic E-state index is 0.177. The highest BCUT2D eigenvalue weighted by molar-refractivity contribution is 5.43. The van der Waals surface area contributed by atoms with Crippen LogP contribution in [0.2, 0.25) is 0 Å². The predicted molar refractivity (Wildman–Crippen MR) is 50.7 cm³/mol. The highest BCUT2D eigenvalue weighted by Gasteiger charge is 2.33. The number of aromatic hydroxyl groups is 1. The molecule has 0 spiro atoms. The van der Waals surface area contributed by atoms with Crippen molar-refractivity contribution in [2.24, 2.45) is 0 Å². The smallest absolute Gasteiger partial charge is 0.155 e. The third-order valence-corrected chi connectivity index (χ3v) is 2.73. The average molecular weight is 189 g/mol. The molecule has 2 rings (SSSR count). The highest BCUT2D eigenvalue weighted by Crippen LogP contribution is 2.33. The number of rotatable bonds is 0. The van der Waals surface area contributed by atoms with Crippen LogP contribution in [0, 0.1) is 11.3 Å². The van der Waals surface area contributed by atoms with E-state index >= 15 is 0 Å². The van der Waals surface area contributed by atoms with Crippen molar-refractivity contribution < 1.29 is 10.2 Å². The van der Waals surface area contributed by atoms with Gasteiger partial charge in [0.25, 0.3) is 0 Å². The number of nitrogens with zero attached hydrogens (tertiary/aromatic N) is 1. The van der Waals surface area contributed by atoms with E-state index in [1.807, 2.05) is 12.1 Å². The Labute approximate surface area is 82.2 Å². The summed E-state index contributed by atoms with van der Waals surface area (Å²) in [6, 6.07) is 7.18. The number of nitriles is 1. The molecule has 0 fully saturated rings. The zero-order valence-corrected chi connectivity index (χ0v) is 7.70. The first-order valence-corrected chi connectivity index (χ1v) is 4.58. The lowest BCUT2D eigenvalue weighted by Crippen LogP contribution is -2.33. The largest absolute Gasteiger partial charge is 0.508 e. The van der Waals surface area contributed by atoms with Crippen LogP contribution in [0.3, 0.4) is 0 Å². The molecule has 0 heterocycles. The molecule has 1 aliphatic carbocycles. The van der Waals surface area contributed by atoms with Crippen molar-refractivity contribution in [2.45, 2.75) is 24.9 Å². The third-order valence-electron chi connectivity index (χ3n) is 2.73. The Hall–Kier alpha value is -1.53. The topological polar surface area (TPSA) is 64.2 Å². The Balaban J connectivity index is 2.44. The van der Waals surface area contributed by atoms with Gasteiger partial charge in [-0.25, -0.2) is 0 Å². The molecule has 0 saturated carbocycles. The van der Waals surface area contributed by atoms with Gasteiger partial charge in [-0.2, -0.15) is 5.26 Å². The Morgan fingerprint density at radius 3 is 2.93 bits per heavy atom. The summed E-state index contributed by atoms with van der Waals surface area (Å²) in [6.45, 7) is 0. The molecule has 3 nitrogen and oxygen atoms in total. The fraction of sp³-hybridized carbons (Fsp3) is 0.364. The number of benzene rings is 1. The van der Waals surface area contributed by atoms with E-state index in [4.69, 9.17) is 5.26 Å². The number of aryl methyl sites for hydroxylation is 1. The Kier molecular flexibility index (Phi) is 1.94. The fourth-order valence-electron chi connectivity index (χ4n) is 1.88. The molecule has 1 aliphatic rings. The molecule has 0 aromatic heterocycles. The number of aliphatic hydroxyl groups is 1. The van der Waals surface area contributed by atoms with E-state index in [0.29, 0.717) is 18.4 Å². The Morgan fingerprint density at radius 2 is 2.21 bits per heavy atom. The van der Waals surface area contributed by atoms with Crippen molar-refractivity contribution >= 4 is 0 Å². The second-order valence-electron chi connectivity index (χ2n) is 3.73. The number of hydrogen-bond donors (Lipinski definition) is 2. The van der Waals surface area contributed by atoms with Gasteiger partial charge in [-0.3, -0.25) is 0 Å². The number of hydrogen-bond acceptors (Lipinski definition) is 3. The van der Waals surface area contributed by atoms with Crippen molar-refractivity contribution in [2.75, 3.05) is 0 Å². The zero-order chi connectivity index (χ0) is 10.2. The normalized spacial score (nSPS) is 25.1. The highest BCUT2D eigenvalue weighted by atomic mass is 16.3. The maximum atomic E-state index is 9.78. The summed E-state index contributed by atoms with van der Waals surface area (Å²) < 4.78 is 0. The summed E-state index contributed by atoms with van der Waals surface area (Å²) in [6.07, 6.45) is 1.32. The molecule has 0 saturated heterocycles. The quantitative estimate of drug-likeness (QED) is 0.601. The number of phenols is 1. The van der Waals surface area contributed by atoms with Crippen molar-refractivity contribution in [3.63, 3.8) is 0 Å². The van der Waals surface area contributed by atoms with Gasteiger partial charge in [0, 0.05) is 12.0 Å². The molecular formula is C11H11NO2. The lowest BCUT2D eigenvalue weighted by atomic mass is 9.81. The SMILES string of the molecule is N#C[C@]1(O)CCc2cccc(O)c2C1. The zero-order valence-electron chi connectivity index (χ0n) is 7.70. The first-order valence-electron chi connectivity index (χ1n) is 4.58. The van der Waals surface area contributed by atoms with E-state index in [9.17, 15) is 10.2 Å². The van der Waals surface area contributed by atoms with Crippen LogP contribution in [0.25, 0.3) is 0 Å². The molecule has 14 heavy (non-hydrogen) atoms. The molecule has 0 radical (unpaired) electrons.